The van der Waals surface area contributed by atoms with Crippen molar-refractivity contribution in [2.24, 2.45) is 17.8 Å². The van der Waals surface area contributed by atoms with Gasteiger partial charge in [-0.3, -0.25) is 10.1 Å². The summed E-state index contributed by atoms with van der Waals surface area (Å²) in [7, 11) is 0. The summed E-state index contributed by atoms with van der Waals surface area (Å²) in [6.45, 7) is 4.39. The molecule has 0 spiro atoms. The number of nitro benzene ring substituents is 1. The molecule has 0 N–H and O–H groups in total. The third kappa shape index (κ3) is 3.94. The highest BCUT2D eigenvalue weighted by atomic mass is 35.5. The van der Waals surface area contributed by atoms with Crippen molar-refractivity contribution in [2.75, 3.05) is 0 Å². The Hall–Kier alpha value is -1.16. The molecule has 0 saturated heterocycles. The summed E-state index contributed by atoms with van der Waals surface area (Å²) in [6.07, 6.45) is 3.47. The van der Waals surface area contributed by atoms with E-state index in [1.54, 1.807) is 0 Å². The summed E-state index contributed by atoms with van der Waals surface area (Å²) in [4.78, 5) is 10.6. The first-order valence-corrected chi connectivity index (χ1v) is 7.89. The van der Waals surface area contributed by atoms with E-state index in [2.05, 4.69) is 13.8 Å². The molecule has 1 aliphatic rings. The number of hydrogen-bond donors (Lipinski definition) is 0. The van der Waals surface area contributed by atoms with E-state index in [4.69, 9.17) is 11.6 Å². The topological polar surface area (TPSA) is 43.1 Å². The van der Waals surface area contributed by atoms with Gasteiger partial charge in [-0.25, -0.2) is 4.39 Å². The van der Waals surface area contributed by atoms with Gasteiger partial charge < -0.3 is 0 Å². The van der Waals surface area contributed by atoms with Crippen LogP contribution in [0.4, 0.5) is 10.1 Å². The lowest BCUT2D eigenvalue weighted by Gasteiger charge is -2.35. The van der Waals surface area contributed by atoms with Gasteiger partial charge >= 0.3 is 0 Å². The molecular formula is C16H21ClFNO2. The first-order valence-electron chi connectivity index (χ1n) is 7.45. The number of nitro groups is 1. The van der Waals surface area contributed by atoms with Gasteiger partial charge in [-0.05, 0) is 55.6 Å². The van der Waals surface area contributed by atoms with Crippen LogP contribution in [-0.2, 0) is 6.42 Å². The molecule has 0 heterocycles. The van der Waals surface area contributed by atoms with Crippen molar-refractivity contribution < 1.29 is 9.31 Å². The van der Waals surface area contributed by atoms with E-state index in [0.29, 0.717) is 23.8 Å². The largest absolute Gasteiger partial charge is 0.272 e. The van der Waals surface area contributed by atoms with Crippen LogP contribution in [0.25, 0.3) is 0 Å². The maximum atomic E-state index is 13.4. The van der Waals surface area contributed by atoms with Gasteiger partial charge in [0.25, 0.3) is 5.69 Å². The molecule has 3 atom stereocenters. The van der Waals surface area contributed by atoms with Crippen LogP contribution in [0, 0.1) is 33.7 Å². The maximum absolute atomic E-state index is 13.4. The Labute approximate surface area is 129 Å². The van der Waals surface area contributed by atoms with E-state index in [9.17, 15) is 14.5 Å². The average molecular weight is 314 g/mol. The molecule has 0 aromatic heterocycles. The summed E-state index contributed by atoms with van der Waals surface area (Å²) < 4.78 is 13.4. The molecular weight excluding hydrogens is 293 g/mol. The van der Waals surface area contributed by atoms with Gasteiger partial charge in [-0.15, -0.1) is 11.6 Å². The van der Waals surface area contributed by atoms with Crippen LogP contribution in [-0.4, -0.2) is 10.3 Å². The summed E-state index contributed by atoms with van der Waals surface area (Å²) in [5.74, 6) is 0.919. The van der Waals surface area contributed by atoms with Crippen molar-refractivity contribution in [3.8, 4) is 0 Å². The number of hydrogen-bond acceptors (Lipinski definition) is 2. The van der Waals surface area contributed by atoms with Crippen molar-refractivity contribution in [1.82, 2.24) is 0 Å². The normalized spacial score (nSPS) is 26.0. The predicted octanol–water partition coefficient (Wildman–Crippen LogP) is 4.96. The Balaban J connectivity index is 2.19. The summed E-state index contributed by atoms with van der Waals surface area (Å²) in [5.41, 5.74) is 0.451. The minimum atomic E-state index is -0.444. The molecule has 1 aromatic carbocycles. The zero-order valence-corrected chi connectivity index (χ0v) is 13.1. The first kappa shape index (κ1) is 16.2. The van der Waals surface area contributed by atoms with Crippen LogP contribution in [0.1, 0.15) is 38.7 Å². The minimum absolute atomic E-state index is 0.00747. The zero-order chi connectivity index (χ0) is 15.6. The van der Waals surface area contributed by atoms with E-state index in [1.807, 2.05) is 0 Å². The molecule has 0 radical (unpaired) electrons. The number of benzene rings is 1. The Morgan fingerprint density at radius 1 is 1.43 bits per heavy atom. The molecule has 5 heteroatoms. The monoisotopic (exact) mass is 313 g/mol. The summed E-state index contributed by atoms with van der Waals surface area (Å²) in [5, 5.41) is 11.1. The Bertz CT molecular complexity index is 521. The van der Waals surface area contributed by atoms with Crippen molar-refractivity contribution in [1.29, 1.82) is 0 Å². The number of nitrogens with zero attached hydrogens (tertiary/aromatic N) is 1. The molecule has 1 saturated carbocycles. The third-order valence-electron chi connectivity index (χ3n) is 4.59. The lowest BCUT2D eigenvalue weighted by atomic mass is 9.74. The van der Waals surface area contributed by atoms with E-state index < -0.39 is 10.7 Å². The van der Waals surface area contributed by atoms with Crippen molar-refractivity contribution in [3.63, 3.8) is 0 Å². The molecule has 0 aliphatic heterocycles. The number of rotatable bonds is 4. The first-order chi connectivity index (χ1) is 9.88. The fraction of sp³-hybridized carbons (Fsp3) is 0.625. The number of halogens is 2. The van der Waals surface area contributed by atoms with E-state index >= 15 is 0 Å². The van der Waals surface area contributed by atoms with Gasteiger partial charge in [0.1, 0.15) is 5.82 Å². The second kappa shape index (κ2) is 6.73. The number of alkyl halides is 1. The lowest BCUT2D eigenvalue weighted by Crippen LogP contribution is -2.29. The van der Waals surface area contributed by atoms with Crippen LogP contribution in [0.15, 0.2) is 18.2 Å². The molecule has 1 fully saturated rings. The molecule has 3 nitrogen and oxygen atoms in total. The van der Waals surface area contributed by atoms with Gasteiger partial charge in [0.15, 0.2) is 0 Å². The molecule has 2 rings (SSSR count). The Morgan fingerprint density at radius 3 is 2.76 bits per heavy atom. The highest BCUT2D eigenvalue weighted by Gasteiger charge is 2.32. The molecule has 3 unspecified atom stereocenters. The summed E-state index contributed by atoms with van der Waals surface area (Å²) in [6, 6.07) is 3.66. The minimum Gasteiger partial charge on any atom is -0.258 e. The summed E-state index contributed by atoms with van der Waals surface area (Å²) >= 11 is 6.41. The standard InChI is InChI=1S/C16H21ClFNO2/c1-10(2)11-3-5-15(17)12(7-11)8-13-9-14(18)4-6-16(13)19(20)21/h4,6,9-12,15H,3,5,7-8H2,1-2H3. The fourth-order valence-electron chi connectivity index (χ4n) is 3.26. The fourth-order valence-corrected chi connectivity index (χ4v) is 3.58. The Morgan fingerprint density at radius 2 is 2.14 bits per heavy atom. The van der Waals surface area contributed by atoms with Crippen LogP contribution >= 0.6 is 11.6 Å². The van der Waals surface area contributed by atoms with Crippen LogP contribution in [0.3, 0.4) is 0 Å². The van der Waals surface area contributed by atoms with Gasteiger partial charge in [0, 0.05) is 17.0 Å². The quantitative estimate of drug-likeness (QED) is 0.448. The lowest BCUT2D eigenvalue weighted by molar-refractivity contribution is -0.385. The second-order valence-corrected chi connectivity index (χ2v) is 6.89. The molecule has 21 heavy (non-hydrogen) atoms. The maximum Gasteiger partial charge on any atom is 0.272 e. The SMILES string of the molecule is CC(C)C1CCC(Cl)C(Cc2cc(F)ccc2[N+](=O)[O-])C1. The van der Waals surface area contributed by atoms with Crippen molar-refractivity contribution in [2.45, 2.75) is 44.9 Å². The average Bonchev–Trinajstić information content (AvgIpc) is 2.40. The molecule has 0 amide bonds. The smallest absolute Gasteiger partial charge is 0.258 e. The zero-order valence-electron chi connectivity index (χ0n) is 12.4. The van der Waals surface area contributed by atoms with Crippen LogP contribution in [0.5, 0.6) is 0 Å². The molecule has 0 bridgehead atoms. The van der Waals surface area contributed by atoms with E-state index in [-0.39, 0.29) is 17.0 Å². The molecule has 1 aromatic rings. The second-order valence-electron chi connectivity index (χ2n) is 6.33. The predicted molar refractivity (Wildman–Crippen MR) is 82.1 cm³/mol. The van der Waals surface area contributed by atoms with Gasteiger partial charge in [-0.1, -0.05) is 13.8 Å². The van der Waals surface area contributed by atoms with Gasteiger partial charge in [0.2, 0.25) is 0 Å². The van der Waals surface area contributed by atoms with E-state index in [0.717, 1.165) is 25.3 Å². The molecule has 1 aliphatic carbocycles. The van der Waals surface area contributed by atoms with Crippen molar-refractivity contribution >= 4 is 17.3 Å². The van der Waals surface area contributed by atoms with Gasteiger partial charge in [-0.2, -0.15) is 0 Å². The Kier molecular flexibility index (Phi) is 5.20. The van der Waals surface area contributed by atoms with Crippen LogP contribution < -0.4 is 0 Å². The van der Waals surface area contributed by atoms with Gasteiger partial charge in [0.05, 0.1) is 4.92 Å². The highest BCUT2D eigenvalue weighted by molar-refractivity contribution is 6.20. The van der Waals surface area contributed by atoms with E-state index in [1.165, 1.54) is 12.1 Å². The third-order valence-corrected chi connectivity index (χ3v) is 5.17. The molecule has 116 valence electrons. The van der Waals surface area contributed by atoms with Crippen molar-refractivity contribution in [3.05, 3.63) is 39.7 Å². The highest BCUT2D eigenvalue weighted by Crippen LogP contribution is 2.39. The van der Waals surface area contributed by atoms with Crippen LogP contribution in [0.2, 0.25) is 0 Å².